The van der Waals surface area contributed by atoms with E-state index in [9.17, 15) is 19.7 Å². The third-order valence-electron chi connectivity index (χ3n) is 8.37. The minimum atomic E-state index is -0.773. The van der Waals surface area contributed by atoms with E-state index in [-0.39, 0.29) is 29.5 Å². The predicted molar refractivity (Wildman–Crippen MR) is 132 cm³/mol. The summed E-state index contributed by atoms with van der Waals surface area (Å²) < 4.78 is 3.37. The van der Waals surface area contributed by atoms with Crippen LogP contribution in [0.4, 0.5) is 5.69 Å². The molecular formula is C25H36N4O4S. The molecule has 4 rings (SSSR count). The molecule has 5 atom stereocenters. The second-order valence-electron chi connectivity index (χ2n) is 11.0. The van der Waals surface area contributed by atoms with E-state index in [1.807, 2.05) is 6.92 Å². The van der Waals surface area contributed by atoms with E-state index in [0.29, 0.717) is 36.0 Å². The fourth-order valence-electron chi connectivity index (χ4n) is 6.61. The van der Waals surface area contributed by atoms with Gasteiger partial charge in [-0.05, 0) is 74.3 Å². The Hall–Kier alpha value is -2.13. The van der Waals surface area contributed by atoms with Crippen LogP contribution in [0.5, 0.6) is 0 Å². The molecule has 2 amide bonds. The molecule has 0 saturated heterocycles. The molecule has 8 nitrogen and oxygen atoms in total. The molecule has 0 aliphatic heterocycles. The Morgan fingerprint density at radius 1 is 1.15 bits per heavy atom. The Bertz CT molecular complexity index is 949. The van der Waals surface area contributed by atoms with Gasteiger partial charge < -0.3 is 11.1 Å². The van der Waals surface area contributed by atoms with Gasteiger partial charge in [-0.25, -0.2) is 4.72 Å². The number of benzene rings is 1. The van der Waals surface area contributed by atoms with Crippen LogP contribution < -0.4 is 15.8 Å². The molecule has 0 radical (unpaired) electrons. The number of nitro groups is 1. The zero-order chi connectivity index (χ0) is 24.5. The van der Waals surface area contributed by atoms with Gasteiger partial charge in [-0.3, -0.25) is 19.7 Å². The Balaban J connectivity index is 1.51. The van der Waals surface area contributed by atoms with E-state index in [2.05, 4.69) is 17.0 Å². The number of para-hydroxylation sites is 1. The third kappa shape index (κ3) is 4.96. The molecule has 0 aromatic heterocycles. The number of rotatable bonds is 7. The van der Waals surface area contributed by atoms with Gasteiger partial charge >= 0.3 is 0 Å². The van der Waals surface area contributed by atoms with Crippen LogP contribution in [0.3, 0.4) is 0 Å². The first kappa shape index (κ1) is 25.0. The minimum absolute atomic E-state index is 0.000567. The van der Waals surface area contributed by atoms with Crippen molar-refractivity contribution in [3.05, 3.63) is 34.4 Å². The van der Waals surface area contributed by atoms with Crippen molar-refractivity contribution in [1.82, 2.24) is 10.0 Å². The van der Waals surface area contributed by atoms with E-state index in [1.165, 1.54) is 18.0 Å². The van der Waals surface area contributed by atoms with E-state index in [1.54, 1.807) is 18.2 Å². The fourth-order valence-corrected chi connectivity index (χ4v) is 7.61. The number of nitrogens with zero attached hydrogens (tertiary/aromatic N) is 1. The first-order chi connectivity index (χ1) is 16.1. The Morgan fingerprint density at radius 3 is 2.53 bits per heavy atom. The average Bonchev–Trinajstić information content (AvgIpc) is 2.80. The van der Waals surface area contributed by atoms with E-state index in [0.717, 1.165) is 38.5 Å². The standard InChI is InChI=1S/C25H36N4O4S/c1-16-12-17-13-18(15-24(2,14-17)22(26)30)21(16)27-23(31)25(10-6-3-7-11-25)28-34-20-9-5-4-8-19(20)29(32)33/h4-5,8-9,16-18,21,28H,3,6-7,10-15H2,1-2H3,(H2,26,30)(H,27,31). The summed E-state index contributed by atoms with van der Waals surface area (Å²) in [5, 5.41) is 14.8. The summed E-state index contributed by atoms with van der Waals surface area (Å²) in [4.78, 5) is 37.6. The van der Waals surface area contributed by atoms with Gasteiger partial charge in [0.05, 0.1) is 4.92 Å². The monoisotopic (exact) mass is 488 g/mol. The molecule has 4 N–H and O–H groups in total. The quantitative estimate of drug-likeness (QED) is 0.298. The van der Waals surface area contributed by atoms with E-state index < -0.39 is 15.9 Å². The molecule has 3 saturated carbocycles. The highest BCUT2D eigenvalue weighted by atomic mass is 32.2. The van der Waals surface area contributed by atoms with Crippen molar-refractivity contribution in [3.63, 3.8) is 0 Å². The Labute approximate surface area is 205 Å². The topological polar surface area (TPSA) is 127 Å². The van der Waals surface area contributed by atoms with E-state index >= 15 is 0 Å². The number of primary amides is 1. The van der Waals surface area contributed by atoms with Crippen molar-refractivity contribution < 1.29 is 14.5 Å². The molecule has 2 bridgehead atoms. The van der Waals surface area contributed by atoms with Crippen LogP contribution in [-0.2, 0) is 9.59 Å². The third-order valence-corrected chi connectivity index (χ3v) is 9.42. The first-order valence-electron chi connectivity index (χ1n) is 12.4. The number of carbonyl (C=O) groups is 2. The normalized spacial score (nSPS) is 32.5. The maximum Gasteiger partial charge on any atom is 0.284 e. The van der Waals surface area contributed by atoms with Gasteiger partial charge in [-0.2, -0.15) is 0 Å². The summed E-state index contributed by atoms with van der Waals surface area (Å²) in [6.45, 7) is 4.16. The van der Waals surface area contributed by atoms with Crippen molar-refractivity contribution in [2.24, 2.45) is 28.9 Å². The maximum absolute atomic E-state index is 13.8. The highest BCUT2D eigenvalue weighted by Gasteiger charge is 2.50. The van der Waals surface area contributed by atoms with Gasteiger partial charge in [0.15, 0.2) is 0 Å². The first-order valence-corrected chi connectivity index (χ1v) is 13.2. The lowest BCUT2D eigenvalue weighted by molar-refractivity contribution is -0.387. The predicted octanol–water partition coefficient (Wildman–Crippen LogP) is 4.33. The van der Waals surface area contributed by atoms with Gasteiger partial charge in [-0.15, -0.1) is 0 Å². The van der Waals surface area contributed by atoms with Gasteiger partial charge in [-0.1, -0.05) is 45.2 Å². The molecule has 5 unspecified atom stereocenters. The number of nitrogens with one attached hydrogen (secondary N) is 2. The average molecular weight is 489 g/mol. The fraction of sp³-hybridized carbons (Fsp3) is 0.680. The molecular weight excluding hydrogens is 452 g/mol. The summed E-state index contributed by atoms with van der Waals surface area (Å²) in [6.07, 6.45) is 7.88. The number of fused-ring (bicyclic) bond motifs is 2. The van der Waals surface area contributed by atoms with Crippen LogP contribution in [0.1, 0.15) is 71.6 Å². The SMILES string of the molecule is CC1CC2CC(CC(C)(C(N)=O)C2)C1NC(=O)C1(NSc2ccccc2[N+](=O)[O-])CCCCC1. The number of hydrogen-bond acceptors (Lipinski definition) is 6. The van der Waals surface area contributed by atoms with Crippen molar-refractivity contribution >= 4 is 29.4 Å². The molecule has 0 heterocycles. The van der Waals surface area contributed by atoms with Gasteiger partial charge in [0, 0.05) is 17.5 Å². The minimum Gasteiger partial charge on any atom is -0.369 e. The molecule has 9 heteroatoms. The zero-order valence-electron chi connectivity index (χ0n) is 20.0. The van der Waals surface area contributed by atoms with Crippen molar-refractivity contribution in [2.75, 3.05) is 0 Å². The summed E-state index contributed by atoms with van der Waals surface area (Å²) in [7, 11) is 0. The lowest BCUT2D eigenvalue weighted by Crippen LogP contribution is -2.61. The largest absolute Gasteiger partial charge is 0.369 e. The van der Waals surface area contributed by atoms with Crippen molar-refractivity contribution in [3.8, 4) is 0 Å². The van der Waals surface area contributed by atoms with Crippen LogP contribution in [0, 0.1) is 33.3 Å². The number of carbonyl (C=O) groups excluding carboxylic acids is 2. The van der Waals surface area contributed by atoms with Gasteiger partial charge in [0.25, 0.3) is 5.69 Å². The highest BCUT2D eigenvalue weighted by molar-refractivity contribution is 7.97. The lowest BCUT2D eigenvalue weighted by Gasteiger charge is -2.50. The number of hydrogen-bond donors (Lipinski definition) is 3. The number of amides is 2. The highest BCUT2D eigenvalue weighted by Crippen LogP contribution is 2.50. The van der Waals surface area contributed by atoms with Crippen molar-refractivity contribution in [2.45, 2.75) is 88.1 Å². The molecule has 1 aromatic rings. The van der Waals surface area contributed by atoms with Crippen LogP contribution >= 0.6 is 11.9 Å². The van der Waals surface area contributed by atoms with Crippen LogP contribution in [-0.4, -0.2) is 28.3 Å². The summed E-state index contributed by atoms with van der Waals surface area (Å²) >= 11 is 1.18. The van der Waals surface area contributed by atoms with Crippen LogP contribution in [0.2, 0.25) is 0 Å². The second-order valence-corrected chi connectivity index (χ2v) is 11.8. The van der Waals surface area contributed by atoms with Gasteiger partial charge in [0.2, 0.25) is 11.8 Å². The molecule has 3 aliphatic rings. The summed E-state index contributed by atoms with van der Waals surface area (Å²) in [5.41, 5.74) is 4.51. The van der Waals surface area contributed by atoms with Crippen LogP contribution in [0.15, 0.2) is 29.2 Å². The lowest BCUT2D eigenvalue weighted by atomic mass is 9.57. The zero-order valence-corrected chi connectivity index (χ0v) is 20.9. The molecule has 3 fully saturated rings. The Kier molecular flexibility index (Phi) is 7.24. The molecule has 1 aromatic carbocycles. The maximum atomic E-state index is 13.8. The smallest absolute Gasteiger partial charge is 0.284 e. The Morgan fingerprint density at radius 2 is 1.85 bits per heavy atom. The van der Waals surface area contributed by atoms with Gasteiger partial charge in [0.1, 0.15) is 10.4 Å². The molecule has 34 heavy (non-hydrogen) atoms. The van der Waals surface area contributed by atoms with Crippen LogP contribution in [0.25, 0.3) is 0 Å². The van der Waals surface area contributed by atoms with Crippen molar-refractivity contribution in [1.29, 1.82) is 0 Å². The van der Waals surface area contributed by atoms with E-state index in [4.69, 9.17) is 5.73 Å². The summed E-state index contributed by atoms with van der Waals surface area (Å²) in [5.74, 6) is 0.754. The molecule has 0 spiro atoms. The molecule has 186 valence electrons. The molecule has 3 aliphatic carbocycles. The number of nitro benzene ring substituents is 1. The number of nitrogens with two attached hydrogens (primary N) is 1. The second kappa shape index (κ2) is 9.85. The summed E-state index contributed by atoms with van der Waals surface area (Å²) in [6, 6.07) is 6.60.